The van der Waals surface area contributed by atoms with Crippen LogP contribution in [0.4, 0.5) is 0 Å². The number of amides is 1. The molecule has 0 unspecified atom stereocenters. The van der Waals surface area contributed by atoms with Crippen LogP contribution in [-0.4, -0.2) is 37.6 Å². The van der Waals surface area contributed by atoms with E-state index in [1.807, 2.05) is 12.1 Å². The number of fused-ring (bicyclic) bond motifs is 2. The lowest BCUT2D eigenvalue weighted by Crippen LogP contribution is -2.43. The van der Waals surface area contributed by atoms with Gasteiger partial charge in [0.15, 0.2) is 0 Å². The van der Waals surface area contributed by atoms with Crippen LogP contribution in [0.5, 0.6) is 5.75 Å². The fourth-order valence-corrected chi connectivity index (χ4v) is 5.50. The van der Waals surface area contributed by atoms with Crippen molar-refractivity contribution in [1.82, 2.24) is 10.2 Å². The Morgan fingerprint density at radius 3 is 2.69 bits per heavy atom. The highest BCUT2D eigenvalue weighted by atomic mass is 16.5. The molecule has 3 fully saturated rings. The summed E-state index contributed by atoms with van der Waals surface area (Å²) in [6, 6.07) is 8.48. The largest absolute Gasteiger partial charge is 0.496 e. The molecule has 2 saturated carbocycles. The molecular formula is C22H32N2O2. The molecule has 1 saturated heterocycles. The normalized spacial score (nSPS) is 29.5. The lowest BCUT2D eigenvalue weighted by Gasteiger charge is -2.36. The fourth-order valence-electron chi connectivity index (χ4n) is 5.50. The molecular weight excluding hydrogens is 324 g/mol. The number of para-hydroxylation sites is 1. The summed E-state index contributed by atoms with van der Waals surface area (Å²) in [6.45, 7) is 2.90. The molecule has 1 N–H and O–H groups in total. The predicted molar refractivity (Wildman–Crippen MR) is 103 cm³/mol. The van der Waals surface area contributed by atoms with Gasteiger partial charge in [0.25, 0.3) is 0 Å². The van der Waals surface area contributed by atoms with Crippen molar-refractivity contribution in [3.8, 4) is 5.75 Å². The van der Waals surface area contributed by atoms with Crippen LogP contribution in [0.2, 0.25) is 0 Å². The summed E-state index contributed by atoms with van der Waals surface area (Å²) < 4.78 is 5.62. The second-order valence-electron chi connectivity index (χ2n) is 8.38. The molecule has 0 radical (unpaired) electrons. The summed E-state index contributed by atoms with van der Waals surface area (Å²) in [5.74, 6) is 2.92. The predicted octanol–water partition coefficient (Wildman–Crippen LogP) is 3.77. The number of methoxy groups -OCH3 is 1. The van der Waals surface area contributed by atoms with Crippen LogP contribution in [0, 0.1) is 17.8 Å². The molecule has 2 aliphatic carbocycles. The molecule has 142 valence electrons. The summed E-state index contributed by atoms with van der Waals surface area (Å²) >= 11 is 0. The number of carbonyl (C=O) groups excluding carboxylic acids is 1. The Kier molecular flexibility index (Phi) is 5.49. The van der Waals surface area contributed by atoms with E-state index in [2.05, 4.69) is 22.3 Å². The van der Waals surface area contributed by atoms with E-state index >= 15 is 0 Å². The molecule has 4 nitrogen and oxygen atoms in total. The van der Waals surface area contributed by atoms with Gasteiger partial charge in [-0.3, -0.25) is 9.69 Å². The van der Waals surface area contributed by atoms with E-state index in [4.69, 9.17) is 4.74 Å². The standard InChI is InChI=1S/C22H32N2O2/c1-26-21-8-4-3-7-18(21)20(24-11-5-2-6-12-24)15-23-22(25)19-14-16-9-10-17(19)13-16/h3-4,7-8,16-17,19-20H,2,5-6,9-15H2,1H3,(H,23,25)/t16-,17-,19-,20+/m1/s1. The van der Waals surface area contributed by atoms with Crippen molar-refractivity contribution in [3.05, 3.63) is 29.8 Å². The summed E-state index contributed by atoms with van der Waals surface area (Å²) in [6.07, 6.45) is 8.78. The van der Waals surface area contributed by atoms with Crippen LogP contribution < -0.4 is 10.1 Å². The van der Waals surface area contributed by atoms with Crippen molar-refractivity contribution in [2.45, 2.75) is 51.0 Å². The molecule has 0 spiro atoms. The number of ether oxygens (including phenoxy) is 1. The maximum atomic E-state index is 12.8. The van der Waals surface area contributed by atoms with Gasteiger partial charge in [-0.25, -0.2) is 0 Å². The van der Waals surface area contributed by atoms with E-state index < -0.39 is 0 Å². The van der Waals surface area contributed by atoms with E-state index in [1.165, 1.54) is 44.1 Å². The van der Waals surface area contributed by atoms with E-state index in [1.54, 1.807) is 7.11 Å². The number of hydrogen-bond donors (Lipinski definition) is 1. The minimum absolute atomic E-state index is 0.203. The van der Waals surface area contributed by atoms with Crippen molar-refractivity contribution in [2.24, 2.45) is 17.8 Å². The Balaban J connectivity index is 1.47. The van der Waals surface area contributed by atoms with E-state index in [9.17, 15) is 4.79 Å². The van der Waals surface area contributed by atoms with E-state index in [-0.39, 0.29) is 17.9 Å². The van der Waals surface area contributed by atoms with E-state index in [0.717, 1.165) is 31.2 Å². The average molecular weight is 357 g/mol. The van der Waals surface area contributed by atoms with Gasteiger partial charge >= 0.3 is 0 Å². The second kappa shape index (κ2) is 7.99. The molecule has 1 aromatic carbocycles. The Bertz CT molecular complexity index is 626. The van der Waals surface area contributed by atoms with Gasteiger partial charge in [0, 0.05) is 18.0 Å². The second-order valence-corrected chi connectivity index (χ2v) is 8.38. The first-order valence-corrected chi connectivity index (χ1v) is 10.4. The minimum Gasteiger partial charge on any atom is -0.496 e. The van der Waals surface area contributed by atoms with Gasteiger partial charge in [0.2, 0.25) is 5.91 Å². The summed E-state index contributed by atoms with van der Waals surface area (Å²) in [4.78, 5) is 15.4. The summed E-state index contributed by atoms with van der Waals surface area (Å²) in [7, 11) is 1.74. The molecule has 4 atom stereocenters. The topological polar surface area (TPSA) is 41.6 Å². The number of nitrogens with zero attached hydrogens (tertiary/aromatic N) is 1. The van der Waals surface area contributed by atoms with Crippen LogP contribution in [0.15, 0.2) is 24.3 Å². The van der Waals surface area contributed by atoms with Gasteiger partial charge in [-0.05, 0) is 63.1 Å². The molecule has 4 rings (SSSR count). The molecule has 3 aliphatic rings. The highest BCUT2D eigenvalue weighted by Gasteiger charge is 2.43. The SMILES string of the molecule is COc1ccccc1[C@H](CNC(=O)[C@@H]1C[C@@H]2CC[C@@H]1C2)N1CCCCC1. The Labute approximate surface area is 157 Å². The summed E-state index contributed by atoms with van der Waals surface area (Å²) in [5, 5.41) is 3.32. The number of benzene rings is 1. The van der Waals surface area contributed by atoms with E-state index in [0.29, 0.717) is 12.5 Å². The molecule has 1 heterocycles. The maximum Gasteiger partial charge on any atom is 0.223 e. The Morgan fingerprint density at radius 1 is 1.19 bits per heavy atom. The lowest BCUT2D eigenvalue weighted by molar-refractivity contribution is -0.126. The van der Waals surface area contributed by atoms with Gasteiger partial charge in [-0.2, -0.15) is 0 Å². The highest BCUT2D eigenvalue weighted by molar-refractivity contribution is 5.79. The van der Waals surface area contributed by atoms with Crippen molar-refractivity contribution >= 4 is 5.91 Å². The third kappa shape index (κ3) is 3.62. The Morgan fingerprint density at radius 2 is 2.00 bits per heavy atom. The zero-order valence-corrected chi connectivity index (χ0v) is 16.0. The van der Waals surface area contributed by atoms with Gasteiger partial charge in [-0.15, -0.1) is 0 Å². The lowest BCUT2D eigenvalue weighted by atomic mass is 9.88. The zero-order valence-electron chi connectivity index (χ0n) is 16.0. The fraction of sp³-hybridized carbons (Fsp3) is 0.682. The monoisotopic (exact) mass is 356 g/mol. The molecule has 2 bridgehead atoms. The number of likely N-dealkylation sites (tertiary alicyclic amines) is 1. The number of rotatable bonds is 6. The van der Waals surface area contributed by atoms with Gasteiger partial charge in [0.1, 0.15) is 5.75 Å². The molecule has 4 heteroatoms. The van der Waals surface area contributed by atoms with Crippen LogP contribution in [0.25, 0.3) is 0 Å². The third-order valence-electron chi connectivity index (χ3n) is 6.87. The molecule has 1 amide bonds. The quantitative estimate of drug-likeness (QED) is 0.843. The number of nitrogens with one attached hydrogen (secondary N) is 1. The van der Waals surface area contributed by atoms with Gasteiger partial charge < -0.3 is 10.1 Å². The first-order chi connectivity index (χ1) is 12.8. The first-order valence-electron chi connectivity index (χ1n) is 10.4. The van der Waals surface area contributed by atoms with Crippen LogP contribution >= 0.6 is 0 Å². The van der Waals surface area contributed by atoms with Crippen molar-refractivity contribution in [3.63, 3.8) is 0 Å². The number of piperidine rings is 1. The van der Waals surface area contributed by atoms with Crippen LogP contribution in [-0.2, 0) is 4.79 Å². The van der Waals surface area contributed by atoms with Crippen molar-refractivity contribution < 1.29 is 9.53 Å². The van der Waals surface area contributed by atoms with Gasteiger partial charge in [0.05, 0.1) is 13.2 Å². The zero-order chi connectivity index (χ0) is 17.9. The average Bonchev–Trinajstić information content (AvgIpc) is 3.33. The van der Waals surface area contributed by atoms with Crippen LogP contribution in [0.1, 0.15) is 56.6 Å². The van der Waals surface area contributed by atoms with Crippen molar-refractivity contribution in [1.29, 1.82) is 0 Å². The number of carbonyl (C=O) groups is 1. The molecule has 1 aliphatic heterocycles. The van der Waals surface area contributed by atoms with Crippen molar-refractivity contribution in [2.75, 3.05) is 26.7 Å². The third-order valence-corrected chi connectivity index (χ3v) is 6.87. The maximum absolute atomic E-state index is 12.8. The number of hydrogen-bond acceptors (Lipinski definition) is 3. The van der Waals surface area contributed by atoms with Crippen LogP contribution in [0.3, 0.4) is 0 Å². The molecule has 0 aromatic heterocycles. The molecule has 26 heavy (non-hydrogen) atoms. The van der Waals surface area contributed by atoms with Gasteiger partial charge in [-0.1, -0.05) is 31.0 Å². The first kappa shape index (κ1) is 17.8. The highest BCUT2D eigenvalue weighted by Crippen LogP contribution is 2.48. The Hall–Kier alpha value is -1.55. The smallest absolute Gasteiger partial charge is 0.223 e. The summed E-state index contributed by atoms with van der Waals surface area (Å²) in [5.41, 5.74) is 1.20. The minimum atomic E-state index is 0.203. The molecule has 1 aromatic rings.